The van der Waals surface area contributed by atoms with Gasteiger partial charge in [-0.2, -0.15) is 11.3 Å². The van der Waals surface area contributed by atoms with E-state index in [1.807, 2.05) is 0 Å². The van der Waals surface area contributed by atoms with Crippen molar-refractivity contribution >= 4 is 22.9 Å². The van der Waals surface area contributed by atoms with E-state index in [-0.39, 0.29) is 6.04 Å². The van der Waals surface area contributed by atoms with Crippen molar-refractivity contribution < 1.29 is 4.74 Å². The van der Waals surface area contributed by atoms with Gasteiger partial charge in [0.15, 0.2) is 0 Å². The van der Waals surface area contributed by atoms with Crippen molar-refractivity contribution in [3.63, 3.8) is 0 Å². The van der Waals surface area contributed by atoms with Gasteiger partial charge in [-0.3, -0.25) is 0 Å². The van der Waals surface area contributed by atoms with Crippen LogP contribution in [0.2, 0.25) is 0 Å². The van der Waals surface area contributed by atoms with Crippen LogP contribution in [0.1, 0.15) is 5.56 Å². The van der Waals surface area contributed by atoms with E-state index in [1.54, 1.807) is 18.4 Å². The normalized spacial score (nSPS) is 13.1. The standard InChI is InChI=1S/C9H14ClNOS/c1-12-6-9(4-10)11-5-8-2-3-13-7-8/h2-3,7,9,11H,4-6H2,1H3. The highest BCUT2D eigenvalue weighted by molar-refractivity contribution is 7.07. The van der Waals surface area contributed by atoms with Crippen LogP contribution in [0, 0.1) is 0 Å². The minimum Gasteiger partial charge on any atom is -0.383 e. The molecule has 0 spiro atoms. The van der Waals surface area contributed by atoms with Crippen LogP contribution in [0.4, 0.5) is 0 Å². The largest absolute Gasteiger partial charge is 0.383 e. The Morgan fingerprint density at radius 3 is 3.08 bits per heavy atom. The number of rotatable bonds is 6. The van der Waals surface area contributed by atoms with Crippen LogP contribution in [0.25, 0.3) is 0 Å². The molecule has 0 aliphatic rings. The highest BCUT2D eigenvalue weighted by Crippen LogP contribution is 2.05. The molecule has 1 rings (SSSR count). The fourth-order valence-corrected chi connectivity index (χ4v) is 1.88. The number of alkyl halides is 1. The molecule has 74 valence electrons. The first-order valence-electron chi connectivity index (χ1n) is 4.16. The predicted octanol–water partition coefficient (Wildman–Crippen LogP) is 2.09. The van der Waals surface area contributed by atoms with Gasteiger partial charge in [-0.05, 0) is 22.4 Å². The third kappa shape index (κ3) is 4.09. The van der Waals surface area contributed by atoms with Crippen LogP contribution in [-0.4, -0.2) is 25.6 Å². The molecule has 0 aliphatic carbocycles. The van der Waals surface area contributed by atoms with Gasteiger partial charge in [-0.15, -0.1) is 11.6 Å². The maximum atomic E-state index is 5.75. The monoisotopic (exact) mass is 219 g/mol. The van der Waals surface area contributed by atoms with Crippen LogP contribution < -0.4 is 5.32 Å². The fourth-order valence-electron chi connectivity index (χ4n) is 1.01. The maximum absolute atomic E-state index is 5.75. The average Bonchev–Trinajstić information content (AvgIpc) is 2.64. The smallest absolute Gasteiger partial charge is 0.0627 e. The summed E-state index contributed by atoms with van der Waals surface area (Å²) in [7, 11) is 1.69. The number of nitrogens with one attached hydrogen (secondary N) is 1. The van der Waals surface area contributed by atoms with Crippen molar-refractivity contribution in [3.05, 3.63) is 22.4 Å². The van der Waals surface area contributed by atoms with E-state index in [9.17, 15) is 0 Å². The van der Waals surface area contributed by atoms with Gasteiger partial charge in [0.25, 0.3) is 0 Å². The Labute approximate surface area is 87.9 Å². The molecule has 0 aliphatic heterocycles. The third-order valence-corrected chi connectivity index (χ3v) is 2.83. The summed E-state index contributed by atoms with van der Waals surface area (Å²) < 4.78 is 5.02. The van der Waals surface area contributed by atoms with Crippen LogP contribution in [-0.2, 0) is 11.3 Å². The molecule has 0 amide bonds. The summed E-state index contributed by atoms with van der Waals surface area (Å²) in [5, 5.41) is 7.52. The molecule has 1 unspecified atom stereocenters. The van der Waals surface area contributed by atoms with Gasteiger partial charge in [0.2, 0.25) is 0 Å². The molecule has 2 nitrogen and oxygen atoms in total. The Morgan fingerprint density at radius 1 is 1.69 bits per heavy atom. The molecule has 0 saturated heterocycles. The first-order valence-corrected chi connectivity index (χ1v) is 5.64. The number of methoxy groups -OCH3 is 1. The molecule has 0 bridgehead atoms. The summed E-state index contributed by atoms with van der Waals surface area (Å²) in [5.74, 6) is 0.581. The summed E-state index contributed by atoms with van der Waals surface area (Å²) in [6, 6.07) is 2.35. The Kier molecular flexibility index (Phi) is 5.39. The summed E-state index contributed by atoms with van der Waals surface area (Å²) in [6.45, 7) is 1.53. The maximum Gasteiger partial charge on any atom is 0.0627 e. The molecular formula is C9H14ClNOS. The van der Waals surface area contributed by atoms with E-state index < -0.39 is 0 Å². The molecule has 1 N–H and O–H groups in total. The lowest BCUT2D eigenvalue weighted by Gasteiger charge is -2.13. The van der Waals surface area contributed by atoms with Crippen molar-refractivity contribution in [2.24, 2.45) is 0 Å². The van der Waals surface area contributed by atoms with Gasteiger partial charge >= 0.3 is 0 Å². The van der Waals surface area contributed by atoms with Crippen LogP contribution in [0.5, 0.6) is 0 Å². The molecule has 1 heterocycles. The Balaban J connectivity index is 2.23. The zero-order valence-electron chi connectivity index (χ0n) is 7.63. The lowest BCUT2D eigenvalue weighted by Crippen LogP contribution is -2.34. The lowest BCUT2D eigenvalue weighted by molar-refractivity contribution is 0.173. The number of hydrogen-bond acceptors (Lipinski definition) is 3. The lowest BCUT2D eigenvalue weighted by atomic mass is 10.3. The van der Waals surface area contributed by atoms with E-state index in [2.05, 4.69) is 22.1 Å². The van der Waals surface area contributed by atoms with Crippen LogP contribution in [0.3, 0.4) is 0 Å². The highest BCUT2D eigenvalue weighted by Gasteiger charge is 2.05. The minimum absolute atomic E-state index is 0.242. The first kappa shape index (κ1) is 11.0. The summed E-state index contributed by atoms with van der Waals surface area (Å²) in [5.41, 5.74) is 1.30. The summed E-state index contributed by atoms with van der Waals surface area (Å²) in [6.07, 6.45) is 0. The topological polar surface area (TPSA) is 21.3 Å². The van der Waals surface area contributed by atoms with Gasteiger partial charge in [-0.1, -0.05) is 0 Å². The van der Waals surface area contributed by atoms with E-state index >= 15 is 0 Å². The molecule has 1 aromatic heterocycles. The molecule has 0 saturated carbocycles. The Hall–Kier alpha value is -0.0900. The average molecular weight is 220 g/mol. The van der Waals surface area contributed by atoms with Crippen molar-refractivity contribution in [2.75, 3.05) is 19.6 Å². The molecule has 0 fully saturated rings. The molecule has 13 heavy (non-hydrogen) atoms. The van der Waals surface area contributed by atoms with E-state index in [0.29, 0.717) is 12.5 Å². The van der Waals surface area contributed by atoms with Gasteiger partial charge in [0.1, 0.15) is 0 Å². The van der Waals surface area contributed by atoms with Crippen molar-refractivity contribution in [1.29, 1.82) is 0 Å². The molecular weight excluding hydrogens is 206 g/mol. The zero-order chi connectivity index (χ0) is 9.52. The summed E-state index contributed by atoms with van der Waals surface area (Å²) >= 11 is 7.45. The quantitative estimate of drug-likeness (QED) is 0.740. The van der Waals surface area contributed by atoms with Crippen LogP contribution in [0.15, 0.2) is 16.8 Å². The predicted molar refractivity (Wildman–Crippen MR) is 57.5 cm³/mol. The van der Waals surface area contributed by atoms with Gasteiger partial charge in [-0.25, -0.2) is 0 Å². The second kappa shape index (κ2) is 6.38. The Morgan fingerprint density at radius 2 is 2.54 bits per heavy atom. The van der Waals surface area contributed by atoms with Gasteiger partial charge in [0.05, 0.1) is 6.61 Å². The molecule has 4 heteroatoms. The SMILES string of the molecule is COCC(CCl)NCc1ccsc1. The van der Waals surface area contributed by atoms with Crippen molar-refractivity contribution in [3.8, 4) is 0 Å². The number of thiophene rings is 1. The highest BCUT2D eigenvalue weighted by atomic mass is 35.5. The van der Waals surface area contributed by atoms with E-state index in [1.165, 1.54) is 5.56 Å². The van der Waals surface area contributed by atoms with Crippen molar-refractivity contribution in [1.82, 2.24) is 5.32 Å². The van der Waals surface area contributed by atoms with Crippen LogP contribution >= 0.6 is 22.9 Å². The van der Waals surface area contributed by atoms with E-state index in [0.717, 1.165) is 6.54 Å². The second-order valence-electron chi connectivity index (χ2n) is 2.82. The molecule has 1 aromatic rings. The fraction of sp³-hybridized carbons (Fsp3) is 0.556. The summed E-state index contributed by atoms with van der Waals surface area (Å²) in [4.78, 5) is 0. The third-order valence-electron chi connectivity index (χ3n) is 1.73. The van der Waals surface area contributed by atoms with Gasteiger partial charge in [0, 0.05) is 25.6 Å². The van der Waals surface area contributed by atoms with Gasteiger partial charge < -0.3 is 10.1 Å². The molecule has 0 radical (unpaired) electrons. The zero-order valence-corrected chi connectivity index (χ0v) is 9.20. The molecule has 1 atom stereocenters. The van der Waals surface area contributed by atoms with Crippen molar-refractivity contribution in [2.45, 2.75) is 12.6 Å². The van der Waals surface area contributed by atoms with E-state index in [4.69, 9.17) is 16.3 Å². The Bertz CT molecular complexity index is 215. The molecule has 0 aromatic carbocycles. The number of halogens is 1. The number of ether oxygens (including phenoxy) is 1. The minimum atomic E-state index is 0.242. The second-order valence-corrected chi connectivity index (χ2v) is 3.91. The first-order chi connectivity index (χ1) is 6.36. The number of hydrogen-bond donors (Lipinski definition) is 1.